The highest BCUT2D eigenvalue weighted by molar-refractivity contribution is 7.09. The molecule has 2 atom stereocenters. The first-order valence-electron chi connectivity index (χ1n) is 8.27. The highest BCUT2D eigenvalue weighted by atomic mass is 32.1. The molecule has 0 radical (unpaired) electrons. The number of ether oxygens (including phenoxy) is 1. The number of benzene rings is 1. The van der Waals surface area contributed by atoms with Crippen molar-refractivity contribution >= 4 is 17.2 Å². The second-order valence-corrected chi connectivity index (χ2v) is 7.00. The van der Waals surface area contributed by atoms with E-state index >= 15 is 0 Å². The Labute approximate surface area is 146 Å². The molecule has 0 aliphatic carbocycles. The molecule has 1 saturated heterocycles. The molecule has 6 heteroatoms. The minimum absolute atomic E-state index is 0.0178. The lowest BCUT2D eigenvalue weighted by molar-refractivity contribution is -0.126. The summed E-state index contributed by atoms with van der Waals surface area (Å²) in [6, 6.07) is 10.3. The van der Waals surface area contributed by atoms with Gasteiger partial charge in [-0.15, -0.1) is 11.3 Å². The first-order valence-corrected chi connectivity index (χ1v) is 9.15. The smallest absolute Gasteiger partial charge is 0.223 e. The van der Waals surface area contributed by atoms with Gasteiger partial charge in [-0.25, -0.2) is 4.98 Å². The minimum Gasteiger partial charge on any atom is -0.375 e. The van der Waals surface area contributed by atoms with Crippen molar-refractivity contribution in [2.45, 2.75) is 32.0 Å². The maximum Gasteiger partial charge on any atom is 0.223 e. The van der Waals surface area contributed by atoms with Crippen LogP contribution < -0.4 is 5.32 Å². The van der Waals surface area contributed by atoms with E-state index in [-0.39, 0.29) is 18.1 Å². The van der Waals surface area contributed by atoms with E-state index < -0.39 is 0 Å². The third kappa shape index (κ3) is 4.87. The van der Waals surface area contributed by atoms with Crippen LogP contribution in [-0.2, 0) is 16.1 Å². The molecule has 2 aromatic rings. The zero-order valence-corrected chi connectivity index (χ0v) is 14.7. The van der Waals surface area contributed by atoms with Crippen LogP contribution in [0.1, 0.15) is 30.0 Å². The number of amides is 1. The molecular formula is C18H23N3O2S. The highest BCUT2D eigenvalue weighted by Gasteiger charge is 2.23. The Hall–Kier alpha value is -1.76. The van der Waals surface area contributed by atoms with Crippen LogP contribution in [0.15, 0.2) is 41.9 Å². The van der Waals surface area contributed by atoms with E-state index in [0.717, 1.165) is 24.6 Å². The Bertz CT molecular complexity index is 633. The number of rotatable bonds is 6. The average Bonchev–Trinajstić information content (AvgIpc) is 3.10. The van der Waals surface area contributed by atoms with Crippen molar-refractivity contribution in [3.05, 3.63) is 52.5 Å². The van der Waals surface area contributed by atoms with Crippen LogP contribution in [-0.4, -0.2) is 41.6 Å². The lowest BCUT2D eigenvalue weighted by Gasteiger charge is -2.32. The molecule has 5 nitrogen and oxygen atoms in total. The molecule has 0 bridgehead atoms. The Morgan fingerprint density at radius 3 is 3.04 bits per heavy atom. The molecule has 2 heterocycles. The summed E-state index contributed by atoms with van der Waals surface area (Å²) in [6.45, 7) is 5.22. The van der Waals surface area contributed by atoms with Crippen LogP contribution in [0, 0.1) is 0 Å². The average molecular weight is 345 g/mol. The van der Waals surface area contributed by atoms with E-state index in [0.29, 0.717) is 13.0 Å². The largest absolute Gasteiger partial charge is 0.375 e. The number of morpholine rings is 1. The van der Waals surface area contributed by atoms with E-state index in [9.17, 15) is 4.79 Å². The van der Waals surface area contributed by atoms with Crippen molar-refractivity contribution in [2.75, 3.05) is 19.7 Å². The second-order valence-electron chi connectivity index (χ2n) is 6.08. The summed E-state index contributed by atoms with van der Waals surface area (Å²) in [5.74, 6) is 0.0178. The molecule has 1 aliphatic heterocycles. The fourth-order valence-electron chi connectivity index (χ4n) is 2.91. The topological polar surface area (TPSA) is 54.5 Å². The first kappa shape index (κ1) is 17.1. The van der Waals surface area contributed by atoms with E-state index in [1.54, 1.807) is 17.5 Å². The molecule has 2 unspecified atom stereocenters. The van der Waals surface area contributed by atoms with Crippen LogP contribution in [0.3, 0.4) is 0 Å². The molecule has 128 valence electrons. The van der Waals surface area contributed by atoms with Crippen molar-refractivity contribution in [1.82, 2.24) is 15.2 Å². The molecule has 0 saturated carbocycles. The van der Waals surface area contributed by atoms with Gasteiger partial charge in [0.25, 0.3) is 0 Å². The van der Waals surface area contributed by atoms with Gasteiger partial charge in [0.15, 0.2) is 0 Å². The number of hydrogen-bond acceptors (Lipinski definition) is 5. The summed E-state index contributed by atoms with van der Waals surface area (Å²) in [7, 11) is 0. The van der Waals surface area contributed by atoms with Crippen LogP contribution in [0.2, 0.25) is 0 Å². The molecule has 24 heavy (non-hydrogen) atoms. The molecule has 1 aromatic carbocycles. The van der Waals surface area contributed by atoms with Gasteiger partial charge in [0.1, 0.15) is 5.01 Å². The van der Waals surface area contributed by atoms with Gasteiger partial charge >= 0.3 is 0 Å². The van der Waals surface area contributed by atoms with E-state index in [2.05, 4.69) is 39.5 Å². The van der Waals surface area contributed by atoms with Crippen molar-refractivity contribution in [2.24, 2.45) is 0 Å². The zero-order valence-electron chi connectivity index (χ0n) is 13.9. The molecule has 1 amide bonds. The molecule has 3 rings (SSSR count). The number of thiazole rings is 1. The van der Waals surface area contributed by atoms with Gasteiger partial charge in [-0.1, -0.05) is 30.3 Å². The predicted molar refractivity (Wildman–Crippen MR) is 94.7 cm³/mol. The summed E-state index contributed by atoms with van der Waals surface area (Å²) in [4.78, 5) is 18.8. The minimum atomic E-state index is -0.0542. The standard InChI is InChI=1S/C18H23N3O2S/c1-14(18-19-7-10-24-18)20-17(22)11-16-13-21(8-9-23-16)12-15-5-3-2-4-6-15/h2-7,10,14,16H,8-9,11-13H2,1H3,(H,20,22). The maximum atomic E-state index is 12.2. The number of aromatic nitrogens is 1. The number of carbonyl (C=O) groups excluding carboxylic acids is 1. The molecule has 1 fully saturated rings. The maximum absolute atomic E-state index is 12.2. The number of carbonyl (C=O) groups is 1. The summed E-state index contributed by atoms with van der Waals surface area (Å²) in [5.41, 5.74) is 1.29. The third-order valence-electron chi connectivity index (χ3n) is 4.08. The van der Waals surface area contributed by atoms with Gasteiger partial charge < -0.3 is 10.1 Å². The highest BCUT2D eigenvalue weighted by Crippen LogP contribution is 2.16. The van der Waals surface area contributed by atoms with Crippen LogP contribution in [0.4, 0.5) is 0 Å². The molecule has 1 aromatic heterocycles. The van der Waals surface area contributed by atoms with Gasteiger partial charge in [0.05, 0.1) is 25.2 Å². The Kier molecular flexibility index (Phi) is 5.96. The third-order valence-corrected chi connectivity index (χ3v) is 5.04. The molecule has 1 N–H and O–H groups in total. The fourth-order valence-corrected chi connectivity index (χ4v) is 3.55. The number of hydrogen-bond donors (Lipinski definition) is 1. The van der Waals surface area contributed by atoms with Gasteiger partial charge in [0, 0.05) is 31.2 Å². The number of nitrogens with zero attached hydrogens (tertiary/aromatic N) is 2. The van der Waals surface area contributed by atoms with Crippen molar-refractivity contribution in [3.63, 3.8) is 0 Å². The lowest BCUT2D eigenvalue weighted by atomic mass is 10.1. The van der Waals surface area contributed by atoms with Gasteiger partial charge in [-0.2, -0.15) is 0 Å². The predicted octanol–water partition coefficient (Wildman–Crippen LogP) is 2.61. The van der Waals surface area contributed by atoms with E-state index in [1.165, 1.54) is 5.56 Å². The zero-order chi connectivity index (χ0) is 16.8. The summed E-state index contributed by atoms with van der Waals surface area (Å²) in [5, 5.41) is 5.85. The van der Waals surface area contributed by atoms with E-state index in [4.69, 9.17) is 4.74 Å². The SMILES string of the molecule is CC(NC(=O)CC1CN(Cc2ccccc2)CCO1)c1nccs1. The summed E-state index contributed by atoms with van der Waals surface area (Å²) >= 11 is 1.56. The Morgan fingerprint density at radius 2 is 2.29 bits per heavy atom. The molecular weight excluding hydrogens is 322 g/mol. The Balaban J connectivity index is 1.47. The quantitative estimate of drug-likeness (QED) is 0.874. The Morgan fingerprint density at radius 1 is 1.46 bits per heavy atom. The van der Waals surface area contributed by atoms with E-state index in [1.807, 2.05) is 18.4 Å². The first-order chi connectivity index (χ1) is 11.7. The van der Waals surface area contributed by atoms with Crippen LogP contribution >= 0.6 is 11.3 Å². The van der Waals surface area contributed by atoms with Crippen molar-refractivity contribution in [1.29, 1.82) is 0 Å². The molecule has 1 aliphatic rings. The molecule has 0 spiro atoms. The van der Waals surface area contributed by atoms with Gasteiger partial charge in [-0.3, -0.25) is 9.69 Å². The summed E-state index contributed by atoms with van der Waals surface area (Å²) in [6.07, 6.45) is 2.10. The van der Waals surface area contributed by atoms with Gasteiger partial charge in [-0.05, 0) is 12.5 Å². The fraction of sp³-hybridized carbons (Fsp3) is 0.444. The summed E-state index contributed by atoms with van der Waals surface area (Å²) < 4.78 is 5.77. The number of nitrogens with one attached hydrogen (secondary N) is 1. The van der Waals surface area contributed by atoms with Crippen LogP contribution in [0.5, 0.6) is 0 Å². The normalized spacial score (nSPS) is 19.8. The van der Waals surface area contributed by atoms with Crippen molar-refractivity contribution < 1.29 is 9.53 Å². The van der Waals surface area contributed by atoms with Gasteiger partial charge in [0.2, 0.25) is 5.91 Å². The second kappa shape index (κ2) is 8.37. The van der Waals surface area contributed by atoms with Crippen LogP contribution in [0.25, 0.3) is 0 Å². The van der Waals surface area contributed by atoms with Crippen molar-refractivity contribution in [3.8, 4) is 0 Å². The lowest BCUT2D eigenvalue weighted by Crippen LogP contribution is -2.44. The monoisotopic (exact) mass is 345 g/mol.